The highest BCUT2D eigenvalue weighted by atomic mass is 35.5. The summed E-state index contributed by atoms with van der Waals surface area (Å²) in [5.41, 5.74) is 1.36. The van der Waals surface area contributed by atoms with Crippen molar-refractivity contribution in [2.24, 2.45) is 0 Å². The van der Waals surface area contributed by atoms with Crippen molar-refractivity contribution in [3.8, 4) is 11.5 Å². The lowest BCUT2D eigenvalue weighted by molar-refractivity contribution is -0.140. The van der Waals surface area contributed by atoms with Crippen LogP contribution < -0.4 is 19.1 Å². The highest BCUT2D eigenvalue weighted by Gasteiger charge is 2.36. The SMILES string of the molecule is COc1ccc(S(=O)(=O)N(CC(=O)N(Cc2c(Cl)cccc2Cl)C(Cc2ccccc2)C(=O)NC(C)C)c2ccccc2OC)cc1. The molecule has 12 heteroatoms. The number of halogens is 2. The maximum Gasteiger partial charge on any atom is 0.264 e. The Morgan fingerprint density at radius 1 is 0.809 bits per heavy atom. The standard InChI is InChI=1S/C35H37Cl2N3O6S/c1-24(2)38-35(42)32(21-25-11-6-5-7-12-25)39(22-28-29(36)13-10-14-30(28)37)34(41)23-40(31-15-8-9-16-33(31)46-4)47(43,44)27-19-17-26(45-3)18-20-27/h5-20,24,32H,21-23H2,1-4H3,(H,38,42). The number of methoxy groups -OCH3 is 2. The first-order chi connectivity index (χ1) is 22.5. The number of anilines is 1. The highest BCUT2D eigenvalue weighted by molar-refractivity contribution is 7.92. The molecule has 1 N–H and O–H groups in total. The van der Waals surface area contributed by atoms with Gasteiger partial charge in [-0.05, 0) is 67.9 Å². The molecule has 0 aliphatic heterocycles. The minimum absolute atomic E-state index is 0.0731. The number of benzene rings is 4. The van der Waals surface area contributed by atoms with Gasteiger partial charge in [-0.3, -0.25) is 13.9 Å². The van der Waals surface area contributed by atoms with Gasteiger partial charge in [-0.15, -0.1) is 0 Å². The summed E-state index contributed by atoms with van der Waals surface area (Å²) in [4.78, 5) is 29.8. The molecule has 4 aromatic carbocycles. The van der Waals surface area contributed by atoms with Crippen LogP contribution in [0, 0.1) is 0 Å². The number of hydrogen-bond acceptors (Lipinski definition) is 6. The molecule has 0 radical (unpaired) electrons. The van der Waals surface area contributed by atoms with E-state index >= 15 is 0 Å². The number of rotatable bonds is 14. The van der Waals surface area contributed by atoms with Crippen LogP contribution in [0.15, 0.2) is 102 Å². The van der Waals surface area contributed by atoms with Crippen molar-refractivity contribution in [3.63, 3.8) is 0 Å². The second-order valence-corrected chi connectivity index (χ2v) is 13.6. The van der Waals surface area contributed by atoms with Crippen molar-refractivity contribution < 1.29 is 27.5 Å². The van der Waals surface area contributed by atoms with E-state index in [1.165, 1.54) is 43.4 Å². The van der Waals surface area contributed by atoms with Gasteiger partial charge >= 0.3 is 0 Å². The van der Waals surface area contributed by atoms with Gasteiger partial charge in [-0.2, -0.15) is 0 Å². The van der Waals surface area contributed by atoms with Crippen molar-refractivity contribution in [3.05, 3.63) is 118 Å². The summed E-state index contributed by atoms with van der Waals surface area (Å²) >= 11 is 13.1. The van der Waals surface area contributed by atoms with E-state index in [0.29, 0.717) is 21.4 Å². The van der Waals surface area contributed by atoms with Crippen molar-refractivity contribution in [2.45, 2.75) is 43.8 Å². The first kappa shape index (κ1) is 35.6. The van der Waals surface area contributed by atoms with Gasteiger partial charge < -0.3 is 19.7 Å². The minimum atomic E-state index is -4.36. The number of hydrogen-bond donors (Lipinski definition) is 1. The van der Waals surface area contributed by atoms with Gasteiger partial charge in [0, 0.05) is 34.6 Å². The van der Waals surface area contributed by atoms with E-state index < -0.39 is 34.4 Å². The molecule has 0 saturated heterocycles. The predicted octanol–water partition coefficient (Wildman–Crippen LogP) is 6.37. The van der Waals surface area contributed by atoms with Crippen LogP contribution in [-0.4, -0.2) is 58.0 Å². The van der Waals surface area contributed by atoms with Gasteiger partial charge in [-0.1, -0.05) is 71.7 Å². The van der Waals surface area contributed by atoms with Crippen LogP contribution in [-0.2, 0) is 32.6 Å². The molecular formula is C35H37Cl2N3O6S. The molecule has 4 aromatic rings. The molecule has 1 atom stereocenters. The summed E-state index contributed by atoms with van der Waals surface area (Å²) in [5.74, 6) is -0.380. The van der Waals surface area contributed by atoms with Gasteiger partial charge in [0.15, 0.2) is 0 Å². The molecular weight excluding hydrogens is 661 g/mol. The fourth-order valence-corrected chi connectivity index (χ4v) is 6.95. The van der Waals surface area contributed by atoms with E-state index in [4.69, 9.17) is 32.7 Å². The van der Waals surface area contributed by atoms with E-state index in [1.54, 1.807) is 42.5 Å². The number of nitrogens with one attached hydrogen (secondary N) is 1. The van der Waals surface area contributed by atoms with Crippen molar-refractivity contribution in [1.82, 2.24) is 10.2 Å². The van der Waals surface area contributed by atoms with Crippen molar-refractivity contribution in [1.29, 1.82) is 0 Å². The Morgan fingerprint density at radius 3 is 2.02 bits per heavy atom. The fourth-order valence-electron chi connectivity index (χ4n) is 5.01. The molecule has 0 fully saturated rings. The Balaban J connectivity index is 1.86. The Bertz CT molecular complexity index is 1770. The van der Waals surface area contributed by atoms with Crippen LogP contribution in [0.5, 0.6) is 11.5 Å². The summed E-state index contributed by atoms with van der Waals surface area (Å²) < 4.78 is 40.3. The zero-order valence-corrected chi connectivity index (χ0v) is 28.9. The molecule has 0 spiro atoms. The lowest BCUT2D eigenvalue weighted by Gasteiger charge is -2.34. The largest absolute Gasteiger partial charge is 0.497 e. The van der Waals surface area contributed by atoms with E-state index in [9.17, 15) is 18.0 Å². The Labute approximate surface area is 286 Å². The molecule has 0 bridgehead atoms. The second-order valence-electron chi connectivity index (χ2n) is 10.9. The number of carbonyl (C=O) groups is 2. The third-order valence-electron chi connectivity index (χ3n) is 7.37. The third-order valence-corrected chi connectivity index (χ3v) is 9.85. The van der Waals surface area contributed by atoms with Crippen LogP contribution in [0.2, 0.25) is 10.0 Å². The third kappa shape index (κ3) is 8.77. The summed E-state index contributed by atoms with van der Waals surface area (Å²) in [5, 5.41) is 3.51. The van der Waals surface area contributed by atoms with Gasteiger partial charge in [-0.25, -0.2) is 8.42 Å². The van der Waals surface area contributed by atoms with Crippen molar-refractivity contribution in [2.75, 3.05) is 25.1 Å². The smallest absolute Gasteiger partial charge is 0.264 e. The van der Waals surface area contributed by atoms with E-state index in [2.05, 4.69) is 5.32 Å². The number of carbonyl (C=O) groups excluding carboxylic acids is 2. The lowest BCUT2D eigenvalue weighted by atomic mass is 10.0. The predicted molar refractivity (Wildman–Crippen MR) is 185 cm³/mol. The number of amides is 2. The molecule has 0 aromatic heterocycles. The first-order valence-electron chi connectivity index (χ1n) is 14.8. The van der Waals surface area contributed by atoms with Crippen LogP contribution in [0.4, 0.5) is 5.69 Å². The maximum absolute atomic E-state index is 14.6. The zero-order chi connectivity index (χ0) is 34.1. The van der Waals surface area contributed by atoms with Crippen molar-refractivity contribution >= 4 is 50.7 Å². The molecule has 1 unspecified atom stereocenters. The summed E-state index contributed by atoms with van der Waals surface area (Å²) in [6.07, 6.45) is 0.146. The number of ether oxygens (including phenoxy) is 2. The summed E-state index contributed by atoms with van der Waals surface area (Å²) in [6, 6.07) is 25.3. The Kier molecular flexibility index (Phi) is 12.1. The normalized spacial score (nSPS) is 11.9. The van der Waals surface area contributed by atoms with Gasteiger partial charge in [0.1, 0.15) is 24.1 Å². The van der Waals surface area contributed by atoms with E-state index in [0.717, 1.165) is 9.87 Å². The first-order valence-corrected chi connectivity index (χ1v) is 17.0. The molecule has 4 rings (SSSR count). The molecule has 0 aliphatic carbocycles. The van der Waals surface area contributed by atoms with Crippen LogP contribution >= 0.6 is 23.2 Å². The summed E-state index contributed by atoms with van der Waals surface area (Å²) in [7, 11) is -1.47. The highest BCUT2D eigenvalue weighted by Crippen LogP contribution is 2.34. The van der Waals surface area contributed by atoms with E-state index in [1.807, 2.05) is 44.2 Å². The minimum Gasteiger partial charge on any atom is -0.497 e. The fraction of sp³-hybridized carbons (Fsp3) is 0.257. The zero-order valence-electron chi connectivity index (χ0n) is 26.5. The van der Waals surface area contributed by atoms with Crippen LogP contribution in [0.25, 0.3) is 0 Å². The number of nitrogens with zero attached hydrogens (tertiary/aromatic N) is 2. The topological polar surface area (TPSA) is 105 Å². The molecule has 0 aliphatic rings. The van der Waals surface area contributed by atoms with Crippen LogP contribution in [0.3, 0.4) is 0 Å². The monoisotopic (exact) mass is 697 g/mol. The maximum atomic E-state index is 14.6. The molecule has 2 amide bonds. The van der Waals surface area contributed by atoms with E-state index in [-0.39, 0.29) is 35.3 Å². The molecule has 47 heavy (non-hydrogen) atoms. The number of para-hydroxylation sites is 2. The average Bonchev–Trinajstić information content (AvgIpc) is 3.06. The van der Waals surface area contributed by atoms with Gasteiger partial charge in [0.25, 0.3) is 10.0 Å². The van der Waals surface area contributed by atoms with Gasteiger partial charge in [0.05, 0.1) is 24.8 Å². The molecule has 0 heterocycles. The summed E-state index contributed by atoms with van der Waals surface area (Å²) in [6.45, 7) is 2.80. The van der Waals surface area contributed by atoms with Crippen LogP contribution in [0.1, 0.15) is 25.0 Å². The Morgan fingerprint density at radius 2 is 1.43 bits per heavy atom. The average molecular weight is 699 g/mol. The van der Waals surface area contributed by atoms with Gasteiger partial charge in [0.2, 0.25) is 11.8 Å². The lowest BCUT2D eigenvalue weighted by Crippen LogP contribution is -2.54. The number of sulfonamides is 1. The Hall–Kier alpha value is -4.25. The molecule has 9 nitrogen and oxygen atoms in total. The second kappa shape index (κ2) is 16.0. The molecule has 0 saturated carbocycles. The quantitative estimate of drug-likeness (QED) is 0.164. The molecule has 248 valence electrons.